The minimum absolute atomic E-state index is 0.890. The van der Waals surface area contributed by atoms with Crippen molar-refractivity contribution in [1.29, 1.82) is 5.26 Å². The lowest BCUT2D eigenvalue weighted by Gasteiger charge is -2.28. The second-order valence-electron chi connectivity index (χ2n) is 3.51. The fourth-order valence-corrected chi connectivity index (χ4v) is 1.50. The third-order valence-corrected chi connectivity index (χ3v) is 2.43. The molecule has 2 nitrogen and oxygen atoms in total. The van der Waals surface area contributed by atoms with Crippen molar-refractivity contribution in [1.82, 2.24) is 4.90 Å². The van der Waals surface area contributed by atoms with Gasteiger partial charge in [0, 0.05) is 12.6 Å². The summed E-state index contributed by atoms with van der Waals surface area (Å²) in [5, 5.41) is 8.28. The Morgan fingerprint density at radius 1 is 1.50 bits per heavy atom. The molecule has 1 saturated heterocycles. The maximum Gasteiger partial charge on any atom is 0.0909 e. The summed E-state index contributed by atoms with van der Waals surface area (Å²) < 4.78 is 0. The normalized spacial score (nSPS) is 21.3. The smallest absolute Gasteiger partial charge is 0.0909 e. The number of piperidine rings is 1. The molecular weight excluding hydrogens is 148 g/mol. The Morgan fingerprint density at radius 2 is 2.17 bits per heavy atom. The first-order valence-electron chi connectivity index (χ1n) is 4.60. The lowest BCUT2D eigenvalue weighted by molar-refractivity contribution is 0.210. The van der Waals surface area contributed by atoms with Gasteiger partial charge in [-0.1, -0.05) is 13.0 Å². The molecule has 1 heterocycles. The summed E-state index contributed by atoms with van der Waals surface area (Å²) in [6.07, 6.45) is 6.12. The number of likely N-dealkylation sites (tertiary alicyclic amines) is 1. The highest BCUT2D eigenvalue weighted by atomic mass is 15.1. The molecule has 0 unspecified atom stereocenters. The summed E-state index contributed by atoms with van der Waals surface area (Å²) in [5.41, 5.74) is 0. The van der Waals surface area contributed by atoms with E-state index in [1.165, 1.54) is 25.9 Å². The minimum atomic E-state index is 0.890. The molecule has 0 bridgehead atoms. The molecule has 0 aliphatic carbocycles. The zero-order valence-corrected chi connectivity index (χ0v) is 7.66. The summed E-state index contributed by atoms with van der Waals surface area (Å²) in [5.74, 6) is 0.890. The quantitative estimate of drug-likeness (QED) is 0.582. The van der Waals surface area contributed by atoms with Crippen molar-refractivity contribution in [2.45, 2.75) is 19.8 Å². The fraction of sp³-hybridized carbons (Fsp3) is 0.700. The van der Waals surface area contributed by atoms with Crippen LogP contribution in [0.1, 0.15) is 19.8 Å². The topological polar surface area (TPSA) is 27.0 Å². The van der Waals surface area contributed by atoms with E-state index in [0.29, 0.717) is 0 Å². The Hall–Kier alpha value is -0.810. The first-order valence-corrected chi connectivity index (χ1v) is 4.60. The van der Waals surface area contributed by atoms with E-state index >= 15 is 0 Å². The van der Waals surface area contributed by atoms with Crippen LogP contribution in [0.4, 0.5) is 0 Å². The van der Waals surface area contributed by atoms with Crippen molar-refractivity contribution >= 4 is 0 Å². The number of nitrogens with zero attached hydrogens (tertiary/aromatic N) is 2. The van der Waals surface area contributed by atoms with Gasteiger partial charge in [-0.25, -0.2) is 0 Å². The van der Waals surface area contributed by atoms with Crippen LogP contribution in [0, 0.1) is 17.2 Å². The molecule has 1 aliphatic rings. The average Bonchev–Trinajstić information content (AvgIpc) is 2.09. The van der Waals surface area contributed by atoms with Gasteiger partial charge in [-0.3, -0.25) is 4.90 Å². The van der Waals surface area contributed by atoms with Gasteiger partial charge in [0.05, 0.1) is 6.07 Å². The monoisotopic (exact) mass is 164 g/mol. The van der Waals surface area contributed by atoms with Crippen LogP contribution in [-0.2, 0) is 0 Å². The van der Waals surface area contributed by atoms with E-state index in [1.807, 2.05) is 12.1 Å². The predicted octanol–water partition coefficient (Wildman–Crippen LogP) is 1.80. The van der Waals surface area contributed by atoms with Crippen molar-refractivity contribution in [3.63, 3.8) is 0 Å². The summed E-state index contributed by atoms with van der Waals surface area (Å²) in [4.78, 5) is 2.40. The highest BCUT2D eigenvalue weighted by molar-refractivity contribution is 5.02. The summed E-state index contributed by atoms with van der Waals surface area (Å²) >= 11 is 0. The molecular formula is C10H16N2. The van der Waals surface area contributed by atoms with Crippen LogP contribution >= 0.6 is 0 Å². The molecule has 1 rings (SSSR count). The van der Waals surface area contributed by atoms with E-state index in [9.17, 15) is 0 Å². The van der Waals surface area contributed by atoms with Gasteiger partial charge >= 0.3 is 0 Å². The van der Waals surface area contributed by atoms with E-state index in [-0.39, 0.29) is 0 Å². The van der Waals surface area contributed by atoms with Crippen molar-refractivity contribution in [3.05, 3.63) is 12.2 Å². The Labute approximate surface area is 74.5 Å². The maximum absolute atomic E-state index is 8.28. The lowest BCUT2D eigenvalue weighted by Crippen LogP contribution is -2.32. The first kappa shape index (κ1) is 9.28. The number of hydrogen-bond donors (Lipinski definition) is 0. The standard InChI is InChI=1S/C10H16N2/c1-10-4-8-12(9-5-10)7-3-2-6-11/h2-3,10H,4-5,7-9H2,1H3/b3-2+. The SMILES string of the molecule is CC1CCN(C/C=C/C#N)CC1. The second-order valence-corrected chi connectivity index (χ2v) is 3.51. The number of nitriles is 1. The van der Waals surface area contributed by atoms with E-state index < -0.39 is 0 Å². The summed E-state index contributed by atoms with van der Waals surface area (Å²) in [6, 6.07) is 2.01. The van der Waals surface area contributed by atoms with Crippen LogP contribution in [-0.4, -0.2) is 24.5 Å². The van der Waals surface area contributed by atoms with Crippen LogP contribution in [0.15, 0.2) is 12.2 Å². The van der Waals surface area contributed by atoms with Gasteiger partial charge in [0.1, 0.15) is 0 Å². The van der Waals surface area contributed by atoms with E-state index in [2.05, 4.69) is 11.8 Å². The largest absolute Gasteiger partial charge is 0.300 e. The van der Waals surface area contributed by atoms with Gasteiger partial charge in [0.25, 0.3) is 0 Å². The van der Waals surface area contributed by atoms with E-state index in [0.717, 1.165) is 12.5 Å². The Bertz CT molecular complexity index is 183. The lowest BCUT2D eigenvalue weighted by atomic mass is 9.99. The highest BCUT2D eigenvalue weighted by Gasteiger charge is 2.13. The zero-order chi connectivity index (χ0) is 8.81. The summed E-state index contributed by atoms with van der Waals surface area (Å²) in [7, 11) is 0. The highest BCUT2D eigenvalue weighted by Crippen LogP contribution is 2.15. The van der Waals surface area contributed by atoms with Gasteiger partial charge in [-0.2, -0.15) is 5.26 Å². The van der Waals surface area contributed by atoms with E-state index in [4.69, 9.17) is 5.26 Å². The van der Waals surface area contributed by atoms with Gasteiger partial charge < -0.3 is 0 Å². The molecule has 1 fully saturated rings. The molecule has 0 aromatic rings. The van der Waals surface area contributed by atoms with Crippen molar-refractivity contribution in [2.24, 2.45) is 5.92 Å². The molecule has 0 aromatic heterocycles. The zero-order valence-electron chi connectivity index (χ0n) is 7.66. The molecule has 0 atom stereocenters. The molecule has 0 N–H and O–H groups in total. The van der Waals surface area contributed by atoms with E-state index in [1.54, 1.807) is 6.08 Å². The molecule has 2 heteroatoms. The molecule has 0 spiro atoms. The molecule has 0 amide bonds. The van der Waals surface area contributed by atoms with Gasteiger partial charge in [-0.15, -0.1) is 0 Å². The summed E-state index contributed by atoms with van der Waals surface area (Å²) in [6.45, 7) is 5.64. The third kappa shape index (κ3) is 3.06. The van der Waals surface area contributed by atoms with Crippen LogP contribution < -0.4 is 0 Å². The molecule has 0 radical (unpaired) electrons. The Kier molecular flexibility index (Phi) is 3.83. The Morgan fingerprint density at radius 3 is 2.75 bits per heavy atom. The molecule has 12 heavy (non-hydrogen) atoms. The average molecular weight is 164 g/mol. The fourth-order valence-electron chi connectivity index (χ4n) is 1.50. The number of rotatable bonds is 2. The number of hydrogen-bond acceptors (Lipinski definition) is 2. The first-order chi connectivity index (χ1) is 5.83. The van der Waals surface area contributed by atoms with Crippen molar-refractivity contribution in [3.8, 4) is 6.07 Å². The van der Waals surface area contributed by atoms with Crippen molar-refractivity contribution < 1.29 is 0 Å². The van der Waals surface area contributed by atoms with Crippen LogP contribution in [0.5, 0.6) is 0 Å². The molecule has 1 aliphatic heterocycles. The Balaban J connectivity index is 2.18. The van der Waals surface area contributed by atoms with Crippen molar-refractivity contribution in [2.75, 3.05) is 19.6 Å². The van der Waals surface area contributed by atoms with Gasteiger partial charge in [0.2, 0.25) is 0 Å². The van der Waals surface area contributed by atoms with Gasteiger partial charge in [-0.05, 0) is 31.8 Å². The molecule has 0 aromatic carbocycles. The molecule has 66 valence electrons. The van der Waals surface area contributed by atoms with Crippen LogP contribution in [0.3, 0.4) is 0 Å². The third-order valence-electron chi connectivity index (χ3n) is 2.43. The maximum atomic E-state index is 8.28. The molecule has 0 saturated carbocycles. The number of allylic oxidation sites excluding steroid dienone is 1. The van der Waals surface area contributed by atoms with Crippen LogP contribution in [0.2, 0.25) is 0 Å². The van der Waals surface area contributed by atoms with Crippen LogP contribution in [0.25, 0.3) is 0 Å². The second kappa shape index (κ2) is 4.95. The predicted molar refractivity (Wildman–Crippen MR) is 49.6 cm³/mol. The van der Waals surface area contributed by atoms with Gasteiger partial charge in [0.15, 0.2) is 0 Å². The minimum Gasteiger partial charge on any atom is -0.300 e.